The van der Waals surface area contributed by atoms with E-state index >= 15 is 0 Å². The van der Waals surface area contributed by atoms with Crippen LogP contribution in [0, 0.1) is 0 Å². The molecule has 1 aromatic carbocycles. The summed E-state index contributed by atoms with van der Waals surface area (Å²) in [6.07, 6.45) is 0. The maximum Gasteiger partial charge on any atom is 0.278 e. The van der Waals surface area contributed by atoms with Gasteiger partial charge in [0.1, 0.15) is 0 Å². The third-order valence-electron chi connectivity index (χ3n) is 2.68. The van der Waals surface area contributed by atoms with Crippen molar-refractivity contribution in [2.75, 3.05) is 5.73 Å². The molecule has 0 saturated heterocycles. The Balaban J connectivity index is 1.87. The Morgan fingerprint density at radius 1 is 1.25 bits per heavy atom. The number of nitrogens with zero attached hydrogens (tertiary/aromatic N) is 2. The standard InChI is InChI=1S/C12H10BrN5OS/c13-7-4-2-1-3-6(7)5-20-12-15-8-9(17-12)16-11(14)18-10(8)19/h1-4H,5H2,(H4,14,15,16,17,18,19). The SMILES string of the molecule is Nc1nc2nc(SCc3ccccc3Br)[nH]c2c(=O)[nH]1. The maximum absolute atomic E-state index is 11.7. The van der Waals surface area contributed by atoms with Crippen LogP contribution in [0.5, 0.6) is 0 Å². The molecule has 0 aliphatic heterocycles. The number of hydrogen-bond acceptors (Lipinski definition) is 5. The number of imidazole rings is 1. The summed E-state index contributed by atoms with van der Waals surface area (Å²) in [6.45, 7) is 0. The van der Waals surface area contributed by atoms with Crippen molar-refractivity contribution in [2.24, 2.45) is 0 Å². The van der Waals surface area contributed by atoms with Crippen molar-refractivity contribution < 1.29 is 0 Å². The Morgan fingerprint density at radius 2 is 2.05 bits per heavy atom. The number of H-pyrrole nitrogens is 2. The number of aromatic amines is 2. The first-order valence-corrected chi connectivity index (χ1v) is 7.53. The zero-order valence-electron chi connectivity index (χ0n) is 10.2. The molecule has 0 fully saturated rings. The third kappa shape index (κ3) is 2.56. The van der Waals surface area contributed by atoms with E-state index in [4.69, 9.17) is 5.73 Å². The zero-order chi connectivity index (χ0) is 14.1. The number of halogens is 1. The number of benzene rings is 1. The number of thioether (sulfide) groups is 1. The first-order valence-electron chi connectivity index (χ1n) is 5.75. The van der Waals surface area contributed by atoms with Crippen molar-refractivity contribution >= 4 is 44.8 Å². The first kappa shape index (κ1) is 13.2. The van der Waals surface area contributed by atoms with E-state index in [1.165, 1.54) is 11.8 Å². The second-order valence-corrected chi connectivity index (χ2v) is 5.89. The largest absolute Gasteiger partial charge is 0.369 e. The van der Waals surface area contributed by atoms with Gasteiger partial charge in [-0.1, -0.05) is 45.9 Å². The van der Waals surface area contributed by atoms with Gasteiger partial charge in [-0.25, -0.2) is 4.98 Å². The summed E-state index contributed by atoms with van der Waals surface area (Å²) in [5.41, 5.74) is 7.00. The van der Waals surface area contributed by atoms with Gasteiger partial charge in [0.2, 0.25) is 5.95 Å². The Morgan fingerprint density at radius 3 is 2.85 bits per heavy atom. The molecule has 102 valence electrons. The predicted octanol–water partition coefficient (Wildman–Crippen LogP) is 2.28. The molecule has 3 rings (SSSR count). The molecule has 0 amide bonds. The molecule has 8 heteroatoms. The van der Waals surface area contributed by atoms with Crippen molar-refractivity contribution in [1.29, 1.82) is 0 Å². The van der Waals surface area contributed by atoms with Gasteiger partial charge in [-0.3, -0.25) is 9.78 Å². The second kappa shape index (κ2) is 5.29. The van der Waals surface area contributed by atoms with Gasteiger partial charge in [-0.2, -0.15) is 4.98 Å². The van der Waals surface area contributed by atoms with E-state index in [-0.39, 0.29) is 11.5 Å². The van der Waals surface area contributed by atoms with Crippen molar-refractivity contribution in [2.45, 2.75) is 10.9 Å². The van der Waals surface area contributed by atoms with Gasteiger partial charge < -0.3 is 10.7 Å². The molecule has 3 aromatic rings. The monoisotopic (exact) mass is 351 g/mol. The Bertz CT molecular complexity index is 828. The molecule has 0 atom stereocenters. The highest BCUT2D eigenvalue weighted by atomic mass is 79.9. The van der Waals surface area contributed by atoms with Gasteiger partial charge in [-0.15, -0.1) is 0 Å². The molecule has 0 aliphatic carbocycles. The Kier molecular flexibility index (Phi) is 3.49. The fourth-order valence-electron chi connectivity index (χ4n) is 1.73. The number of anilines is 1. The first-order chi connectivity index (χ1) is 9.63. The number of nitrogens with two attached hydrogens (primary N) is 1. The number of nitrogen functional groups attached to an aromatic ring is 1. The van der Waals surface area contributed by atoms with E-state index in [1.54, 1.807) is 0 Å². The number of fused-ring (bicyclic) bond motifs is 1. The summed E-state index contributed by atoms with van der Waals surface area (Å²) in [6, 6.07) is 7.96. The minimum absolute atomic E-state index is 0.0661. The minimum atomic E-state index is -0.312. The fraction of sp³-hybridized carbons (Fsp3) is 0.0833. The van der Waals surface area contributed by atoms with Crippen molar-refractivity contribution in [1.82, 2.24) is 19.9 Å². The van der Waals surface area contributed by atoms with Crippen LogP contribution in [0.25, 0.3) is 11.2 Å². The number of nitrogens with one attached hydrogen (secondary N) is 2. The normalized spacial score (nSPS) is 11.1. The summed E-state index contributed by atoms with van der Waals surface area (Å²) in [5.74, 6) is 0.797. The fourth-order valence-corrected chi connectivity index (χ4v) is 3.21. The molecule has 0 bridgehead atoms. The highest BCUT2D eigenvalue weighted by molar-refractivity contribution is 9.10. The van der Waals surface area contributed by atoms with Crippen LogP contribution in [0.3, 0.4) is 0 Å². The summed E-state index contributed by atoms with van der Waals surface area (Å²) in [4.78, 5) is 25.3. The molecule has 0 saturated carbocycles. The maximum atomic E-state index is 11.7. The molecule has 6 nitrogen and oxygen atoms in total. The van der Waals surface area contributed by atoms with Crippen LogP contribution in [-0.2, 0) is 5.75 Å². The van der Waals surface area contributed by atoms with Crippen LogP contribution in [0.4, 0.5) is 5.95 Å². The van der Waals surface area contributed by atoms with Gasteiger partial charge in [0.25, 0.3) is 5.56 Å². The lowest BCUT2D eigenvalue weighted by Gasteiger charge is -2.01. The van der Waals surface area contributed by atoms with Crippen molar-refractivity contribution in [3.8, 4) is 0 Å². The van der Waals surface area contributed by atoms with Crippen LogP contribution in [-0.4, -0.2) is 19.9 Å². The van der Waals surface area contributed by atoms with Crippen LogP contribution >= 0.6 is 27.7 Å². The highest BCUT2D eigenvalue weighted by Gasteiger charge is 2.09. The van der Waals surface area contributed by atoms with Gasteiger partial charge in [0.05, 0.1) is 0 Å². The molecule has 2 heterocycles. The zero-order valence-corrected chi connectivity index (χ0v) is 12.6. The molecule has 0 radical (unpaired) electrons. The van der Waals surface area contributed by atoms with Crippen LogP contribution in [0.2, 0.25) is 0 Å². The van der Waals surface area contributed by atoms with Gasteiger partial charge in [0, 0.05) is 10.2 Å². The summed E-state index contributed by atoms with van der Waals surface area (Å²) < 4.78 is 1.05. The number of hydrogen-bond donors (Lipinski definition) is 3. The molecular formula is C12H10BrN5OS. The van der Waals surface area contributed by atoms with Crippen molar-refractivity contribution in [3.05, 3.63) is 44.7 Å². The molecule has 20 heavy (non-hydrogen) atoms. The Labute approximate surface area is 126 Å². The smallest absolute Gasteiger partial charge is 0.278 e. The second-order valence-electron chi connectivity index (χ2n) is 4.07. The minimum Gasteiger partial charge on any atom is -0.369 e. The topological polar surface area (TPSA) is 100 Å². The third-order valence-corrected chi connectivity index (χ3v) is 4.38. The molecule has 0 unspecified atom stereocenters. The van der Waals surface area contributed by atoms with Crippen LogP contribution in [0.15, 0.2) is 38.7 Å². The van der Waals surface area contributed by atoms with E-state index in [9.17, 15) is 4.79 Å². The van der Waals surface area contributed by atoms with Gasteiger partial charge in [-0.05, 0) is 11.6 Å². The summed E-state index contributed by atoms with van der Waals surface area (Å²) in [5, 5.41) is 0.638. The van der Waals surface area contributed by atoms with E-state index in [2.05, 4.69) is 35.9 Å². The Hall–Kier alpha value is -1.80. The average Bonchev–Trinajstić information content (AvgIpc) is 2.81. The van der Waals surface area contributed by atoms with Crippen LogP contribution < -0.4 is 11.3 Å². The van der Waals surface area contributed by atoms with E-state index in [0.717, 1.165) is 15.8 Å². The van der Waals surface area contributed by atoms with E-state index in [1.807, 2.05) is 24.3 Å². The lowest BCUT2D eigenvalue weighted by Crippen LogP contribution is -2.10. The summed E-state index contributed by atoms with van der Waals surface area (Å²) in [7, 11) is 0. The lowest BCUT2D eigenvalue weighted by atomic mass is 10.2. The molecular weight excluding hydrogens is 342 g/mol. The van der Waals surface area contributed by atoms with Crippen molar-refractivity contribution in [3.63, 3.8) is 0 Å². The number of aromatic nitrogens is 4. The van der Waals surface area contributed by atoms with Gasteiger partial charge in [0.15, 0.2) is 16.3 Å². The number of rotatable bonds is 3. The highest BCUT2D eigenvalue weighted by Crippen LogP contribution is 2.25. The predicted molar refractivity (Wildman–Crippen MR) is 82.6 cm³/mol. The quantitative estimate of drug-likeness (QED) is 0.628. The van der Waals surface area contributed by atoms with E-state index in [0.29, 0.717) is 16.3 Å². The molecule has 4 N–H and O–H groups in total. The average molecular weight is 352 g/mol. The van der Waals surface area contributed by atoms with E-state index < -0.39 is 0 Å². The lowest BCUT2D eigenvalue weighted by molar-refractivity contribution is 1.07. The van der Waals surface area contributed by atoms with Crippen LogP contribution in [0.1, 0.15) is 5.56 Å². The molecule has 2 aromatic heterocycles. The molecule has 0 aliphatic rings. The molecule has 0 spiro atoms. The van der Waals surface area contributed by atoms with Gasteiger partial charge >= 0.3 is 0 Å². The summed E-state index contributed by atoms with van der Waals surface area (Å²) >= 11 is 5.00.